The quantitative estimate of drug-likeness (QED) is 0.712. The maximum atomic E-state index is 11.6. The Labute approximate surface area is 112 Å². The number of nitrogens with one attached hydrogen (secondary N) is 2. The molecule has 0 bridgehead atoms. The Balaban J connectivity index is 2.35. The molecule has 0 aromatic heterocycles. The maximum absolute atomic E-state index is 11.6. The summed E-state index contributed by atoms with van der Waals surface area (Å²) in [5, 5.41) is 15.9. The fourth-order valence-electron chi connectivity index (χ4n) is 1.42. The van der Waals surface area contributed by atoms with Crippen molar-refractivity contribution < 1.29 is 9.90 Å². The lowest BCUT2D eigenvalue weighted by Gasteiger charge is -2.27. The summed E-state index contributed by atoms with van der Waals surface area (Å²) in [5.74, 6) is 3.52. The van der Waals surface area contributed by atoms with Crippen LogP contribution in [0.3, 0.4) is 0 Å². The van der Waals surface area contributed by atoms with Gasteiger partial charge in [-0.15, -0.1) is 0 Å². The highest BCUT2D eigenvalue weighted by molar-refractivity contribution is 8.03. The highest BCUT2D eigenvalue weighted by Crippen LogP contribution is 2.24. The average molecular weight is 278 g/mol. The Morgan fingerprint density at radius 3 is 2.29 bits per heavy atom. The van der Waals surface area contributed by atoms with Crippen molar-refractivity contribution in [3.8, 4) is 0 Å². The summed E-state index contributed by atoms with van der Waals surface area (Å²) < 4.78 is 0. The lowest BCUT2D eigenvalue weighted by Crippen LogP contribution is -2.52. The van der Waals surface area contributed by atoms with Crippen LogP contribution in [0.1, 0.15) is 20.8 Å². The van der Waals surface area contributed by atoms with E-state index in [4.69, 9.17) is 0 Å². The number of carbonyl (C=O) groups excluding carboxylic acids is 1. The highest BCUT2D eigenvalue weighted by atomic mass is 32.2. The summed E-state index contributed by atoms with van der Waals surface area (Å²) in [6, 6.07) is -0.217. The van der Waals surface area contributed by atoms with Crippen molar-refractivity contribution in [3.63, 3.8) is 0 Å². The van der Waals surface area contributed by atoms with E-state index >= 15 is 0 Å². The lowest BCUT2D eigenvalue weighted by molar-refractivity contribution is 0.0917. The van der Waals surface area contributed by atoms with E-state index in [-0.39, 0.29) is 11.6 Å². The molecule has 1 saturated heterocycles. The van der Waals surface area contributed by atoms with E-state index in [1.165, 1.54) is 0 Å². The molecule has 100 valence electrons. The molecular formula is C11H22N2O2S2. The molecule has 1 fully saturated rings. The molecule has 1 aliphatic heterocycles. The van der Waals surface area contributed by atoms with Gasteiger partial charge >= 0.3 is 6.03 Å². The molecule has 0 aliphatic carbocycles. The molecule has 6 heteroatoms. The fraction of sp³-hybridized carbons (Fsp3) is 0.909. The van der Waals surface area contributed by atoms with Gasteiger partial charge in [0.05, 0.1) is 5.60 Å². The Hall–Kier alpha value is -0.0700. The lowest BCUT2D eigenvalue weighted by atomic mass is 10.1. The first-order valence-corrected chi connectivity index (χ1v) is 8.06. The topological polar surface area (TPSA) is 61.4 Å². The van der Waals surface area contributed by atoms with Gasteiger partial charge in [-0.3, -0.25) is 0 Å². The summed E-state index contributed by atoms with van der Waals surface area (Å²) in [7, 11) is 0. The molecule has 3 N–H and O–H groups in total. The summed E-state index contributed by atoms with van der Waals surface area (Å²) in [6.45, 7) is 6.10. The van der Waals surface area contributed by atoms with Gasteiger partial charge in [-0.2, -0.15) is 23.5 Å². The Morgan fingerprint density at radius 2 is 1.82 bits per heavy atom. The van der Waals surface area contributed by atoms with Gasteiger partial charge in [-0.05, 0) is 20.8 Å². The second-order valence-corrected chi connectivity index (χ2v) is 7.60. The van der Waals surface area contributed by atoms with E-state index in [0.717, 1.165) is 11.5 Å². The van der Waals surface area contributed by atoms with Crippen LogP contribution in [0.5, 0.6) is 0 Å². The molecule has 2 amide bonds. The van der Waals surface area contributed by atoms with Crippen molar-refractivity contribution in [2.75, 3.05) is 29.6 Å². The van der Waals surface area contributed by atoms with E-state index in [1.807, 2.05) is 20.8 Å². The molecule has 1 aliphatic rings. The fourth-order valence-corrected chi connectivity index (χ4v) is 3.94. The standard InChI is InChI=1S/C11H22N2O2S2/c1-10(2,3)13-9(14)12-6-11(15)7-16-4-5-17-8-11/h15H,4-8H2,1-3H3,(H2,12,13,14). The number of amides is 2. The number of thioether (sulfide) groups is 2. The molecular weight excluding hydrogens is 256 g/mol. The minimum absolute atomic E-state index is 0.217. The smallest absolute Gasteiger partial charge is 0.315 e. The maximum Gasteiger partial charge on any atom is 0.315 e. The SMILES string of the molecule is CC(C)(C)NC(=O)NCC1(O)CSCCSC1. The minimum Gasteiger partial charge on any atom is -0.386 e. The molecule has 0 atom stereocenters. The molecule has 0 radical (unpaired) electrons. The van der Waals surface area contributed by atoms with Crippen LogP contribution in [0, 0.1) is 0 Å². The van der Waals surface area contributed by atoms with Crippen molar-refractivity contribution in [2.45, 2.75) is 31.9 Å². The van der Waals surface area contributed by atoms with Crippen LogP contribution in [0.4, 0.5) is 4.79 Å². The van der Waals surface area contributed by atoms with Gasteiger partial charge in [-0.1, -0.05) is 0 Å². The van der Waals surface area contributed by atoms with Gasteiger partial charge in [0.1, 0.15) is 0 Å². The summed E-state index contributed by atoms with van der Waals surface area (Å²) >= 11 is 3.49. The molecule has 4 nitrogen and oxygen atoms in total. The summed E-state index contributed by atoms with van der Waals surface area (Å²) in [4.78, 5) is 11.6. The number of aliphatic hydroxyl groups is 1. The number of carbonyl (C=O) groups is 1. The second kappa shape index (κ2) is 6.20. The zero-order chi connectivity index (χ0) is 12.9. The van der Waals surface area contributed by atoms with Crippen LogP contribution in [0.25, 0.3) is 0 Å². The molecule has 0 saturated carbocycles. The highest BCUT2D eigenvalue weighted by Gasteiger charge is 2.29. The van der Waals surface area contributed by atoms with Crippen molar-refractivity contribution in [1.29, 1.82) is 0 Å². The van der Waals surface area contributed by atoms with Gasteiger partial charge in [0.2, 0.25) is 0 Å². The van der Waals surface area contributed by atoms with Gasteiger partial charge < -0.3 is 15.7 Å². The van der Waals surface area contributed by atoms with Crippen LogP contribution < -0.4 is 10.6 Å². The molecule has 0 unspecified atom stereocenters. The van der Waals surface area contributed by atoms with Gasteiger partial charge in [0.15, 0.2) is 0 Å². The zero-order valence-corrected chi connectivity index (χ0v) is 12.3. The molecule has 0 aromatic carbocycles. The third-order valence-corrected chi connectivity index (χ3v) is 4.91. The number of hydrogen-bond donors (Lipinski definition) is 3. The van der Waals surface area contributed by atoms with Crippen LogP contribution in [-0.2, 0) is 0 Å². The van der Waals surface area contributed by atoms with Crippen molar-refractivity contribution in [3.05, 3.63) is 0 Å². The summed E-state index contributed by atoms with van der Waals surface area (Å²) in [5.41, 5.74) is -1.03. The monoisotopic (exact) mass is 278 g/mol. The van der Waals surface area contributed by atoms with Crippen molar-refractivity contribution >= 4 is 29.6 Å². The Bertz CT molecular complexity index is 259. The zero-order valence-electron chi connectivity index (χ0n) is 10.7. The van der Waals surface area contributed by atoms with Crippen LogP contribution in [-0.4, -0.2) is 51.8 Å². The number of hydrogen-bond acceptors (Lipinski definition) is 4. The molecule has 17 heavy (non-hydrogen) atoms. The molecule has 0 spiro atoms. The number of rotatable bonds is 2. The van der Waals surface area contributed by atoms with Gasteiger partial charge in [-0.25, -0.2) is 4.79 Å². The third kappa shape index (κ3) is 6.43. The first-order valence-electron chi connectivity index (χ1n) is 5.75. The largest absolute Gasteiger partial charge is 0.386 e. The molecule has 1 heterocycles. The van der Waals surface area contributed by atoms with E-state index in [1.54, 1.807) is 23.5 Å². The Morgan fingerprint density at radius 1 is 1.29 bits per heavy atom. The normalized spacial score (nSPS) is 20.5. The first-order chi connectivity index (χ1) is 7.81. The molecule has 0 aromatic rings. The van der Waals surface area contributed by atoms with E-state index in [2.05, 4.69) is 10.6 Å². The van der Waals surface area contributed by atoms with Gasteiger partial charge in [0.25, 0.3) is 0 Å². The van der Waals surface area contributed by atoms with Crippen molar-refractivity contribution in [1.82, 2.24) is 10.6 Å². The van der Waals surface area contributed by atoms with Crippen LogP contribution >= 0.6 is 23.5 Å². The molecule has 1 rings (SSSR count). The second-order valence-electron chi connectivity index (χ2n) is 5.39. The minimum atomic E-state index is -0.777. The van der Waals surface area contributed by atoms with E-state index in [0.29, 0.717) is 18.1 Å². The Kier molecular flexibility index (Phi) is 5.47. The predicted molar refractivity (Wildman–Crippen MR) is 75.9 cm³/mol. The van der Waals surface area contributed by atoms with Crippen molar-refractivity contribution in [2.24, 2.45) is 0 Å². The third-order valence-electron chi connectivity index (χ3n) is 2.18. The predicted octanol–water partition coefficient (Wildman–Crippen LogP) is 1.30. The van der Waals surface area contributed by atoms with Crippen LogP contribution in [0.2, 0.25) is 0 Å². The van der Waals surface area contributed by atoms with Crippen LogP contribution in [0.15, 0.2) is 0 Å². The van der Waals surface area contributed by atoms with E-state index in [9.17, 15) is 9.90 Å². The summed E-state index contributed by atoms with van der Waals surface area (Å²) in [6.07, 6.45) is 0. The average Bonchev–Trinajstić information content (AvgIpc) is 2.38. The van der Waals surface area contributed by atoms with Gasteiger partial charge in [0, 0.05) is 35.1 Å². The van der Waals surface area contributed by atoms with E-state index < -0.39 is 5.60 Å². The first kappa shape index (κ1) is 15.0. The number of urea groups is 1.